The molecule has 18 heavy (non-hydrogen) atoms. The Bertz CT molecular complexity index is 263. The molecule has 0 bridgehead atoms. The third kappa shape index (κ3) is 4.23. The second-order valence-electron chi connectivity index (χ2n) is 5.47. The maximum Gasteiger partial charge on any atom is 0.313 e. The molecule has 5 heteroatoms. The summed E-state index contributed by atoms with van der Waals surface area (Å²) >= 11 is 0. The van der Waals surface area contributed by atoms with Crippen LogP contribution in [0.4, 0.5) is 0 Å². The van der Waals surface area contributed by atoms with Gasteiger partial charge in [-0.1, -0.05) is 6.92 Å². The average Bonchev–Trinajstić information content (AvgIpc) is 2.76. The van der Waals surface area contributed by atoms with Gasteiger partial charge in [0.15, 0.2) is 0 Å². The van der Waals surface area contributed by atoms with Crippen LogP contribution in [0.2, 0.25) is 0 Å². The van der Waals surface area contributed by atoms with E-state index in [1.54, 1.807) is 0 Å². The minimum atomic E-state index is -0.717. The highest BCUT2D eigenvalue weighted by molar-refractivity contribution is 5.75. The summed E-state index contributed by atoms with van der Waals surface area (Å²) in [5.74, 6) is -0.717. The molecule has 1 saturated heterocycles. The first-order chi connectivity index (χ1) is 8.50. The van der Waals surface area contributed by atoms with E-state index in [-0.39, 0.29) is 0 Å². The van der Waals surface area contributed by atoms with Gasteiger partial charge in [-0.3, -0.25) is 4.79 Å². The second kappa shape index (κ2) is 7.07. The molecule has 1 atom stereocenters. The predicted octanol–water partition coefficient (Wildman–Crippen LogP) is 0.751. The number of carboxylic acid groups (broad SMARTS) is 1. The molecular weight excluding hydrogens is 232 g/mol. The van der Waals surface area contributed by atoms with Gasteiger partial charge < -0.3 is 19.6 Å². The number of carbonyl (C=O) groups is 1. The van der Waals surface area contributed by atoms with E-state index in [9.17, 15) is 9.90 Å². The molecule has 1 aliphatic rings. The Morgan fingerprint density at radius 3 is 2.50 bits per heavy atom. The molecule has 1 fully saturated rings. The van der Waals surface area contributed by atoms with Gasteiger partial charge in [0.1, 0.15) is 5.41 Å². The van der Waals surface area contributed by atoms with Crippen LogP contribution in [0.1, 0.15) is 19.8 Å². The zero-order valence-electron chi connectivity index (χ0n) is 11.8. The van der Waals surface area contributed by atoms with E-state index in [2.05, 4.69) is 16.7 Å². The fraction of sp³-hybridized carbons (Fsp3) is 0.923. The van der Waals surface area contributed by atoms with Crippen LogP contribution in [0.15, 0.2) is 0 Å². The number of hydrogen-bond donors (Lipinski definition) is 1. The smallest absolute Gasteiger partial charge is 0.313 e. The largest absolute Gasteiger partial charge is 0.481 e. The van der Waals surface area contributed by atoms with E-state index in [1.807, 2.05) is 14.1 Å². The van der Waals surface area contributed by atoms with Crippen LogP contribution in [-0.4, -0.2) is 74.4 Å². The summed E-state index contributed by atoms with van der Waals surface area (Å²) in [6.07, 6.45) is 1.68. The van der Waals surface area contributed by atoms with Gasteiger partial charge in [-0.25, -0.2) is 0 Å². The lowest BCUT2D eigenvalue weighted by Gasteiger charge is -2.31. The number of nitrogens with zero attached hydrogens (tertiary/aromatic N) is 2. The number of ether oxygens (including phenoxy) is 1. The number of aliphatic carboxylic acids is 1. The second-order valence-corrected chi connectivity index (χ2v) is 5.47. The molecule has 1 rings (SSSR count). The molecule has 106 valence electrons. The number of rotatable bonds is 8. The van der Waals surface area contributed by atoms with Crippen molar-refractivity contribution in [1.29, 1.82) is 0 Å². The molecule has 0 radical (unpaired) electrons. The molecule has 0 aromatic heterocycles. The maximum atomic E-state index is 11.5. The number of hydrogen-bond acceptors (Lipinski definition) is 4. The van der Waals surface area contributed by atoms with Gasteiger partial charge in [-0.15, -0.1) is 0 Å². The van der Waals surface area contributed by atoms with Crippen molar-refractivity contribution in [2.24, 2.45) is 5.41 Å². The van der Waals surface area contributed by atoms with Crippen molar-refractivity contribution in [3.05, 3.63) is 0 Å². The molecule has 1 N–H and O–H groups in total. The van der Waals surface area contributed by atoms with Crippen LogP contribution in [0.5, 0.6) is 0 Å². The lowest BCUT2D eigenvalue weighted by molar-refractivity contribution is -0.150. The zero-order valence-corrected chi connectivity index (χ0v) is 11.8. The normalized spacial score (nSPS) is 24.1. The van der Waals surface area contributed by atoms with E-state index in [0.29, 0.717) is 26.2 Å². The van der Waals surface area contributed by atoms with Gasteiger partial charge in [0.05, 0.1) is 6.61 Å². The summed E-state index contributed by atoms with van der Waals surface area (Å²) in [4.78, 5) is 15.9. The Balaban J connectivity index is 2.59. The van der Waals surface area contributed by atoms with Crippen molar-refractivity contribution in [3.63, 3.8) is 0 Å². The Morgan fingerprint density at radius 1 is 1.33 bits per heavy atom. The first kappa shape index (κ1) is 15.4. The zero-order chi connectivity index (χ0) is 13.6. The first-order valence-corrected chi connectivity index (χ1v) is 6.68. The molecule has 0 aromatic carbocycles. The molecule has 0 aliphatic carbocycles. The molecule has 0 saturated carbocycles. The van der Waals surface area contributed by atoms with Crippen molar-refractivity contribution < 1.29 is 14.6 Å². The van der Waals surface area contributed by atoms with Gasteiger partial charge in [-0.2, -0.15) is 0 Å². The highest BCUT2D eigenvalue weighted by Gasteiger charge is 2.43. The standard InChI is InChI=1S/C13H26N2O3/c1-4-6-15(8-7-14(2)3)10-13(12(16)17)5-9-18-11-13/h4-11H2,1-3H3,(H,16,17). The molecule has 1 aliphatic heterocycles. The van der Waals surface area contributed by atoms with Crippen LogP contribution in [0.25, 0.3) is 0 Å². The molecular formula is C13H26N2O3. The fourth-order valence-corrected chi connectivity index (χ4v) is 2.32. The summed E-state index contributed by atoms with van der Waals surface area (Å²) in [5, 5.41) is 9.44. The third-order valence-electron chi connectivity index (χ3n) is 3.49. The van der Waals surface area contributed by atoms with Crippen LogP contribution >= 0.6 is 0 Å². The minimum absolute atomic E-state index is 0.352. The van der Waals surface area contributed by atoms with E-state index in [1.165, 1.54) is 0 Å². The van der Waals surface area contributed by atoms with Crippen molar-refractivity contribution in [2.75, 3.05) is 53.5 Å². The lowest BCUT2D eigenvalue weighted by atomic mass is 9.86. The van der Waals surface area contributed by atoms with Crippen molar-refractivity contribution >= 4 is 5.97 Å². The molecule has 0 amide bonds. The van der Waals surface area contributed by atoms with Gasteiger partial charge in [0.25, 0.3) is 0 Å². The molecule has 1 heterocycles. The highest BCUT2D eigenvalue weighted by atomic mass is 16.5. The SMILES string of the molecule is CCCN(CCN(C)C)CC1(C(=O)O)CCOC1. The van der Waals surface area contributed by atoms with Crippen LogP contribution in [0, 0.1) is 5.41 Å². The summed E-state index contributed by atoms with van der Waals surface area (Å²) in [5.41, 5.74) is -0.693. The van der Waals surface area contributed by atoms with Crippen molar-refractivity contribution in [1.82, 2.24) is 9.80 Å². The Labute approximate surface area is 110 Å². The maximum absolute atomic E-state index is 11.5. The molecule has 1 unspecified atom stereocenters. The van der Waals surface area contributed by atoms with Gasteiger partial charge in [-0.05, 0) is 33.5 Å². The molecule has 0 aromatic rings. The van der Waals surface area contributed by atoms with Crippen LogP contribution in [0.3, 0.4) is 0 Å². The monoisotopic (exact) mass is 258 g/mol. The topological polar surface area (TPSA) is 53.0 Å². The fourth-order valence-electron chi connectivity index (χ4n) is 2.32. The Morgan fingerprint density at radius 2 is 2.06 bits per heavy atom. The average molecular weight is 258 g/mol. The number of carboxylic acids is 1. The summed E-state index contributed by atoms with van der Waals surface area (Å²) in [7, 11) is 4.07. The van der Waals surface area contributed by atoms with E-state index >= 15 is 0 Å². The molecule has 5 nitrogen and oxygen atoms in total. The number of likely N-dealkylation sites (N-methyl/N-ethyl adjacent to an activating group) is 1. The van der Waals surface area contributed by atoms with E-state index in [4.69, 9.17) is 4.74 Å². The summed E-state index contributed by atoms with van der Waals surface area (Å²) < 4.78 is 5.31. The molecule has 0 spiro atoms. The minimum Gasteiger partial charge on any atom is -0.481 e. The Kier molecular flexibility index (Phi) is 6.05. The van der Waals surface area contributed by atoms with Crippen LogP contribution < -0.4 is 0 Å². The summed E-state index contributed by atoms with van der Waals surface area (Å²) in [6, 6.07) is 0. The van der Waals surface area contributed by atoms with Gasteiger partial charge in [0.2, 0.25) is 0 Å². The van der Waals surface area contributed by atoms with Gasteiger partial charge in [0, 0.05) is 26.2 Å². The summed E-state index contributed by atoms with van der Waals surface area (Å²) in [6.45, 7) is 6.46. The quantitative estimate of drug-likeness (QED) is 0.696. The lowest BCUT2D eigenvalue weighted by Crippen LogP contribution is -2.45. The first-order valence-electron chi connectivity index (χ1n) is 6.68. The van der Waals surface area contributed by atoms with E-state index < -0.39 is 11.4 Å². The van der Waals surface area contributed by atoms with Crippen molar-refractivity contribution in [3.8, 4) is 0 Å². The Hall–Kier alpha value is -0.650. The predicted molar refractivity (Wildman–Crippen MR) is 70.8 cm³/mol. The third-order valence-corrected chi connectivity index (χ3v) is 3.49. The van der Waals surface area contributed by atoms with Crippen LogP contribution in [-0.2, 0) is 9.53 Å². The highest BCUT2D eigenvalue weighted by Crippen LogP contribution is 2.30. The van der Waals surface area contributed by atoms with E-state index in [0.717, 1.165) is 26.1 Å². The van der Waals surface area contributed by atoms with Gasteiger partial charge >= 0.3 is 5.97 Å². The van der Waals surface area contributed by atoms with Crippen molar-refractivity contribution in [2.45, 2.75) is 19.8 Å².